The molecule has 0 radical (unpaired) electrons. The minimum absolute atomic E-state index is 0.310. The van der Waals surface area contributed by atoms with Crippen molar-refractivity contribution < 1.29 is 54.7 Å². The normalized spacial score (nSPS) is 43.4. The summed E-state index contributed by atoms with van der Waals surface area (Å²) in [6, 6.07) is 0. The van der Waals surface area contributed by atoms with Gasteiger partial charge in [0.1, 0.15) is 48.8 Å². The van der Waals surface area contributed by atoms with E-state index in [0.29, 0.717) is 6.61 Å². The standard InChI is InChI=1S/C18H34O11/c1-2-3-4-5-6-26-17-15(24)14(23)12(21)10(29-17)8-27-18-16(25)13(22)11(20)9(7-19)28-18/h9-25H,2-8H2,1H3. The molecule has 0 aliphatic carbocycles. The summed E-state index contributed by atoms with van der Waals surface area (Å²) in [4.78, 5) is 0. The van der Waals surface area contributed by atoms with Gasteiger partial charge in [-0.15, -0.1) is 0 Å². The molecule has 2 aliphatic heterocycles. The molecule has 2 heterocycles. The van der Waals surface area contributed by atoms with Crippen LogP contribution in [0.2, 0.25) is 0 Å². The van der Waals surface area contributed by atoms with Crippen molar-refractivity contribution in [3.05, 3.63) is 0 Å². The Balaban J connectivity index is 1.89. The molecule has 0 aromatic heterocycles. The highest BCUT2D eigenvalue weighted by Gasteiger charge is 2.47. The molecule has 2 aliphatic rings. The predicted molar refractivity (Wildman–Crippen MR) is 96.5 cm³/mol. The van der Waals surface area contributed by atoms with Crippen LogP contribution in [0.3, 0.4) is 0 Å². The Bertz CT molecular complexity index is 465. The molecule has 172 valence electrons. The molecule has 0 saturated carbocycles. The van der Waals surface area contributed by atoms with Crippen molar-refractivity contribution >= 4 is 0 Å². The fourth-order valence-corrected chi connectivity index (χ4v) is 3.32. The molecule has 0 spiro atoms. The lowest BCUT2D eigenvalue weighted by molar-refractivity contribution is -0.331. The Hall–Kier alpha value is -0.440. The summed E-state index contributed by atoms with van der Waals surface area (Å²) in [5.74, 6) is 0. The highest BCUT2D eigenvalue weighted by atomic mass is 16.7. The zero-order valence-corrected chi connectivity index (χ0v) is 16.5. The van der Waals surface area contributed by atoms with E-state index < -0.39 is 68.0 Å². The van der Waals surface area contributed by atoms with Crippen molar-refractivity contribution in [3.8, 4) is 0 Å². The van der Waals surface area contributed by atoms with Crippen LogP contribution in [0.1, 0.15) is 32.6 Å². The molecule has 0 amide bonds. The van der Waals surface area contributed by atoms with E-state index in [1.54, 1.807) is 0 Å². The summed E-state index contributed by atoms with van der Waals surface area (Å²) in [5.41, 5.74) is 0. The smallest absolute Gasteiger partial charge is 0.186 e. The zero-order chi connectivity index (χ0) is 21.6. The number of unbranched alkanes of at least 4 members (excludes halogenated alkanes) is 3. The summed E-state index contributed by atoms with van der Waals surface area (Å²) >= 11 is 0. The Morgan fingerprint density at radius 2 is 1.21 bits per heavy atom. The summed E-state index contributed by atoms with van der Waals surface area (Å²) in [6.07, 6.45) is -10.2. The lowest BCUT2D eigenvalue weighted by Gasteiger charge is -2.42. The molecule has 2 saturated heterocycles. The molecule has 0 aromatic rings. The maximum absolute atomic E-state index is 10.2. The van der Waals surface area contributed by atoms with Gasteiger partial charge in [0.15, 0.2) is 12.6 Å². The second kappa shape index (κ2) is 11.8. The van der Waals surface area contributed by atoms with Crippen LogP contribution in [0.25, 0.3) is 0 Å². The molecule has 11 nitrogen and oxygen atoms in total. The predicted octanol–water partition coefficient (Wildman–Crippen LogP) is -2.79. The lowest BCUT2D eigenvalue weighted by atomic mass is 9.98. The zero-order valence-electron chi connectivity index (χ0n) is 16.5. The number of hydrogen-bond donors (Lipinski definition) is 7. The van der Waals surface area contributed by atoms with Gasteiger partial charge in [-0.1, -0.05) is 26.2 Å². The number of rotatable bonds is 10. The van der Waals surface area contributed by atoms with Gasteiger partial charge in [-0.2, -0.15) is 0 Å². The molecule has 10 atom stereocenters. The topological polar surface area (TPSA) is 179 Å². The first-order valence-electron chi connectivity index (χ1n) is 10.0. The second-order valence-corrected chi connectivity index (χ2v) is 7.48. The van der Waals surface area contributed by atoms with Crippen molar-refractivity contribution in [3.63, 3.8) is 0 Å². The summed E-state index contributed by atoms with van der Waals surface area (Å²) in [7, 11) is 0. The Kier molecular flexibility index (Phi) is 10.1. The number of ether oxygens (including phenoxy) is 4. The maximum atomic E-state index is 10.2. The highest BCUT2D eigenvalue weighted by Crippen LogP contribution is 2.26. The first-order valence-corrected chi connectivity index (χ1v) is 10.0. The van der Waals surface area contributed by atoms with Gasteiger partial charge in [0.2, 0.25) is 0 Å². The minimum atomic E-state index is -1.60. The Morgan fingerprint density at radius 1 is 0.655 bits per heavy atom. The van der Waals surface area contributed by atoms with E-state index in [4.69, 9.17) is 18.9 Å². The van der Waals surface area contributed by atoms with E-state index >= 15 is 0 Å². The van der Waals surface area contributed by atoms with Crippen molar-refractivity contribution in [2.24, 2.45) is 0 Å². The van der Waals surface area contributed by atoms with Gasteiger partial charge in [-0.05, 0) is 6.42 Å². The van der Waals surface area contributed by atoms with Gasteiger partial charge in [0.25, 0.3) is 0 Å². The van der Waals surface area contributed by atoms with E-state index in [2.05, 4.69) is 6.92 Å². The average molecular weight is 426 g/mol. The van der Waals surface area contributed by atoms with Crippen LogP contribution < -0.4 is 0 Å². The molecular formula is C18H34O11. The van der Waals surface area contributed by atoms with E-state index in [0.717, 1.165) is 25.7 Å². The third-order valence-electron chi connectivity index (χ3n) is 5.22. The van der Waals surface area contributed by atoms with Crippen LogP contribution in [0.4, 0.5) is 0 Å². The number of aliphatic hydroxyl groups is 7. The van der Waals surface area contributed by atoms with Crippen LogP contribution in [0.15, 0.2) is 0 Å². The highest BCUT2D eigenvalue weighted by molar-refractivity contribution is 4.91. The van der Waals surface area contributed by atoms with Gasteiger partial charge < -0.3 is 54.7 Å². The van der Waals surface area contributed by atoms with Crippen molar-refractivity contribution in [2.75, 3.05) is 19.8 Å². The van der Waals surface area contributed by atoms with Crippen molar-refractivity contribution in [1.29, 1.82) is 0 Å². The molecule has 2 rings (SSSR count). The van der Waals surface area contributed by atoms with Crippen LogP contribution >= 0.6 is 0 Å². The summed E-state index contributed by atoms with van der Waals surface area (Å²) in [6.45, 7) is 1.41. The minimum Gasteiger partial charge on any atom is -0.394 e. The molecule has 11 heteroatoms. The molecule has 0 aromatic carbocycles. The fourth-order valence-electron chi connectivity index (χ4n) is 3.32. The van der Waals surface area contributed by atoms with E-state index in [1.807, 2.05) is 0 Å². The van der Waals surface area contributed by atoms with E-state index in [9.17, 15) is 35.7 Å². The van der Waals surface area contributed by atoms with Gasteiger partial charge in [-0.25, -0.2) is 0 Å². The number of aliphatic hydroxyl groups excluding tert-OH is 7. The average Bonchev–Trinajstić information content (AvgIpc) is 2.72. The fraction of sp³-hybridized carbons (Fsp3) is 1.00. The molecule has 7 N–H and O–H groups in total. The third-order valence-corrected chi connectivity index (χ3v) is 5.22. The van der Waals surface area contributed by atoms with Gasteiger partial charge in [0, 0.05) is 6.61 Å². The molecular weight excluding hydrogens is 392 g/mol. The number of hydrogen-bond acceptors (Lipinski definition) is 11. The largest absolute Gasteiger partial charge is 0.394 e. The monoisotopic (exact) mass is 426 g/mol. The molecule has 0 bridgehead atoms. The Morgan fingerprint density at radius 3 is 1.79 bits per heavy atom. The van der Waals surface area contributed by atoms with Crippen molar-refractivity contribution in [1.82, 2.24) is 0 Å². The quantitative estimate of drug-likeness (QED) is 0.180. The van der Waals surface area contributed by atoms with Gasteiger partial charge in [-0.3, -0.25) is 0 Å². The summed E-state index contributed by atoms with van der Waals surface area (Å²) in [5, 5.41) is 69.0. The SMILES string of the molecule is CCCCCCOC1OC(COC2OC(CO)C(O)C(O)C2O)C(O)C(O)C1O. The van der Waals surface area contributed by atoms with E-state index in [1.165, 1.54) is 0 Å². The van der Waals surface area contributed by atoms with Crippen LogP contribution in [0, 0.1) is 0 Å². The van der Waals surface area contributed by atoms with Gasteiger partial charge in [0.05, 0.1) is 13.2 Å². The first kappa shape index (κ1) is 24.8. The first-order chi connectivity index (χ1) is 13.8. The van der Waals surface area contributed by atoms with Crippen LogP contribution in [-0.2, 0) is 18.9 Å². The van der Waals surface area contributed by atoms with Crippen LogP contribution in [0.5, 0.6) is 0 Å². The third kappa shape index (κ3) is 6.28. The Labute approximate surface area is 169 Å². The lowest BCUT2D eigenvalue weighted by Crippen LogP contribution is -2.61. The summed E-state index contributed by atoms with van der Waals surface area (Å²) < 4.78 is 21.6. The molecule has 29 heavy (non-hydrogen) atoms. The second-order valence-electron chi connectivity index (χ2n) is 7.48. The van der Waals surface area contributed by atoms with E-state index in [-0.39, 0.29) is 6.61 Å². The van der Waals surface area contributed by atoms with Crippen LogP contribution in [-0.4, -0.2) is 117 Å². The molecule has 10 unspecified atom stereocenters. The molecule has 2 fully saturated rings. The maximum Gasteiger partial charge on any atom is 0.186 e. The van der Waals surface area contributed by atoms with Crippen molar-refractivity contribution in [2.45, 2.75) is 94.0 Å². The van der Waals surface area contributed by atoms with Gasteiger partial charge >= 0.3 is 0 Å².